The SMILES string of the molecule is COc1cc(OC)c(CCC2(C3CCCC3)CC(=O)C(Cc3cc(=O)n4c(C)csc4n3)C(=O)O2)cc1Cl. The van der Waals surface area contributed by atoms with E-state index in [1.165, 1.54) is 21.8 Å². The van der Waals surface area contributed by atoms with E-state index in [4.69, 9.17) is 25.8 Å². The van der Waals surface area contributed by atoms with Crippen molar-refractivity contribution < 1.29 is 23.8 Å². The van der Waals surface area contributed by atoms with Crippen LogP contribution in [0, 0.1) is 18.8 Å². The lowest BCUT2D eigenvalue weighted by Gasteiger charge is -2.43. The molecule has 2 aliphatic rings. The van der Waals surface area contributed by atoms with Gasteiger partial charge in [-0.25, -0.2) is 4.98 Å². The van der Waals surface area contributed by atoms with Gasteiger partial charge in [0.15, 0.2) is 10.7 Å². The van der Waals surface area contributed by atoms with Gasteiger partial charge in [0.2, 0.25) is 0 Å². The zero-order valence-corrected chi connectivity index (χ0v) is 23.3. The number of cyclic esters (lactones) is 1. The molecule has 2 unspecified atom stereocenters. The van der Waals surface area contributed by atoms with Gasteiger partial charge in [-0.15, -0.1) is 11.3 Å². The first-order chi connectivity index (χ1) is 18.2. The van der Waals surface area contributed by atoms with E-state index in [1.54, 1.807) is 20.3 Å². The number of Topliss-reactive ketones (excluding diaryl/α,β-unsaturated/α-hetero) is 1. The number of carbonyl (C=O) groups excluding carboxylic acids is 2. The van der Waals surface area contributed by atoms with Crippen molar-refractivity contribution in [2.75, 3.05) is 14.2 Å². The van der Waals surface area contributed by atoms with Gasteiger partial charge in [-0.3, -0.25) is 18.8 Å². The molecule has 0 N–H and O–H groups in total. The molecular formula is C28H31ClN2O6S. The predicted octanol–water partition coefficient (Wildman–Crippen LogP) is 4.97. The van der Waals surface area contributed by atoms with Crippen LogP contribution in [0.15, 0.2) is 28.4 Å². The zero-order valence-electron chi connectivity index (χ0n) is 21.8. The van der Waals surface area contributed by atoms with Gasteiger partial charge in [-0.1, -0.05) is 24.4 Å². The first-order valence-electron chi connectivity index (χ1n) is 12.9. The van der Waals surface area contributed by atoms with E-state index in [-0.39, 0.29) is 30.1 Å². The van der Waals surface area contributed by atoms with Gasteiger partial charge >= 0.3 is 5.97 Å². The highest BCUT2D eigenvalue weighted by Gasteiger charge is 2.51. The molecule has 0 bridgehead atoms. The van der Waals surface area contributed by atoms with E-state index in [2.05, 4.69) is 4.98 Å². The number of hydrogen-bond acceptors (Lipinski definition) is 8. The van der Waals surface area contributed by atoms with Crippen LogP contribution in [0.5, 0.6) is 11.5 Å². The van der Waals surface area contributed by atoms with Gasteiger partial charge in [0.1, 0.15) is 23.0 Å². The zero-order chi connectivity index (χ0) is 27.0. The molecule has 0 spiro atoms. The molecule has 202 valence electrons. The van der Waals surface area contributed by atoms with Gasteiger partial charge in [0.25, 0.3) is 5.56 Å². The number of rotatable bonds is 8. The first-order valence-corrected chi connectivity index (χ1v) is 14.1. The maximum Gasteiger partial charge on any atom is 0.317 e. The minimum Gasteiger partial charge on any atom is -0.496 e. The number of ether oxygens (including phenoxy) is 3. The molecule has 38 heavy (non-hydrogen) atoms. The Hall–Kier alpha value is -2.91. The van der Waals surface area contributed by atoms with Crippen molar-refractivity contribution in [1.29, 1.82) is 0 Å². The van der Waals surface area contributed by atoms with E-state index in [0.717, 1.165) is 36.9 Å². The fourth-order valence-electron chi connectivity index (χ4n) is 5.96. The normalized spacial score (nSPS) is 22.2. The first kappa shape index (κ1) is 26.7. The number of aromatic nitrogens is 2. The lowest BCUT2D eigenvalue weighted by Crippen LogP contribution is -2.52. The highest BCUT2D eigenvalue weighted by molar-refractivity contribution is 7.15. The number of esters is 1. The topological polar surface area (TPSA) is 96.2 Å². The van der Waals surface area contributed by atoms with Crippen molar-refractivity contribution in [2.24, 2.45) is 11.8 Å². The van der Waals surface area contributed by atoms with Crippen molar-refractivity contribution >= 4 is 39.7 Å². The number of nitrogens with zero attached hydrogens (tertiary/aromatic N) is 2. The summed E-state index contributed by atoms with van der Waals surface area (Å²) in [5.74, 6) is -0.386. The van der Waals surface area contributed by atoms with Gasteiger partial charge in [0.05, 0.1) is 24.9 Å². The summed E-state index contributed by atoms with van der Waals surface area (Å²) in [6.07, 6.45) is 5.16. The summed E-state index contributed by atoms with van der Waals surface area (Å²) in [5.41, 5.74) is 1.01. The van der Waals surface area contributed by atoms with Crippen LogP contribution in [0.25, 0.3) is 4.96 Å². The number of ketones is 1. The second-order valence-electron chi connectivity index (χ2n) is 10.2. The number of benzene rings is 1. The molecule has 10 heteroatoms. The van der Waals surface area contributed by atoms with Crippen LogP contribution >= 0.6 is 22.9 Å². The maximum absolute atomic E-state index is 13.5. The van der Waals surface area contributed by atoms with Gasteiger partial charge in [-0.2, -0.15) is 0 Å². The summed E-state index contributed by atoms with van der Waals surface area (Å²) in [7, 11) is 3.13. The molecule has 0 radical (unpaired) electrons. The quantitative estimate of drug-likeness (QED) is 0.284. The smallest absolute Gasteiger partial charge is 0.317 e. The van der Waals surface area contributed by atoms with Crippen LogP contribution in [0.3, 0.4) is 0 Å². The molecule has 8 nitrogen and oxygen atoms in total. The predicted molar refractivity (Wildman–Crippen MR) is 145 cm³/mol. The van der Waals surface area contributed by atoms with Crippen molar-refractivity contribution in [1.82, 2.24) is 9.38 Å². The third kappa shape index (κ3) is 4.94. The average molecular weight is 559 g/mol. The number of methoxy groups -OCH3 is 2. The van der Waals surface area contributed by atoms with Crippen LogP contribution in [0.1, 0.15) is 55.5 Å². The van der Waals surface area contributed by atoms with Gasteiger partial charge < -0.3 is 14.2 Å². The Morgan fingerprint density at radius 2 is 1.87 bits per heavy atom. The van der Waals surface area contributed by atoms with Crippen molar-refractivity contribution in [3.05, 3.63) is 55.9 Å². The molecule has 0 amide bonds. The molecular weight excluding hydrogens is 528 g/mol. The van der Waals surface area contributed by atoms with E-state index in [0.29, 0.717) is 40.0 Å². The van der Waals surface area contributed by atoms with Crippen LogP contribution in [-0.2, 0) is 27.2 Å². The molecule has 2 atom stereocenters. The highest BCUT2D eigenvalue weighted by Crippen LogP contribution is 2.46. The number of aryl methyl sites for hydroxylation is 2. The molecule has 2 fully saturated rings. The molecule has 1 aliphatic carbocycles. The summed E-state index contributed by atoms with van der Waals surface area (Å²) >= 11 is 7.74. The van der Waals surface area contributed by atoms with Gasteiger partial charge in [-0.05, 0) is 50.2 Å². The number of hydrogen-bond donors (Lipinski definition) is 0. The van der Waals surface area contributed by atoms with Crippen molar-refractivity contribution in [2.45, 2.75) is 63.9 Å². The van der Waals surface area contributed by atoms with Crippen LogP contribution < -0.4 is 15.0 Å². The molecule has 2 aromatic heterocycles. The number of thiazole rings is 1. The average Bonchev–Trinajstić information content (AvgIpc) is 3.56. The Kier molecular flexibility index (Phi) is 7.51. The number of halogens is 1. The lowest BCUT2D eigenvalue weighted by molar-refractivity contribution is -0.185. The maximum atomic E-state index is 13.5. The van der Waals surface area contributed by atoms with Crippen molar-refractivity contribution in [3.8, 4) is 11.5 Å². The number of carbonyl (C=O) groups is 2. The molecule has 1 saturated carbocycles. The Morgan fingerprint density at radius 1 is 1.13 bits per heavy atom. The second kappa shape index (κ2) is 10.7. The van der Waals surface area contributed by atoms with Crippen LogP contribution in [0.2, 0.25) is 5.02 Å². The monoisotopic (exact) mass is 558 g/mol. The van der Waals surface area contributed by atoms with Crippen LogP contribution in [-0.4, -0.2) is 41.0 Å². The van der Waals surface area contributed by atoms with E-state index >= 15 is 0 Å². The lowest BCUT2D eigenvalue weighted by atomic mass is 9.73. The standard InChI is InChI=1S/C28H31ClN2O6S/c1-16-15-38-27-30-19(12-25(33)31(16)27)11-20-22(32)14-28(37-26(20)34,18-6-4-5-7-18)9-8-17-10-21(29)24(36-3)13-23(17)35-2/h10,12-13,15,18,20H,4-9,11,14H2,1-3H3. The van der Waals surface area contributed by atoms with E-state index < -0.39 is 17.5 Å². The Balaban J connectivity index is 1.39. The largest absolute Gasteiger partial charge is 0.496 e. The molecule has 3 heterocycles. The van der Waals surface area contributed by atoms with E-state index in [1.807, 2.05) is 18.4 Å². The molecule has 3 aromatic rings. The molecule has 1 aromatic carbocycles. The Morgan fingerprint density at radius 3 is 2.55 bits per heavy atom. The minimum atomic E-state index is -0.968. The minimum absolute atomic E-state index is 0.0585. The summed E-state index contributed by atoms with van der Waals surface area (Å²) in [5, 5.41) is 2.32. The third-order valence-corrected chi connectivity index (χ3v) is 9.20. The Labute approximate surface area is 229 Å². The number of fused-ring (bicyclic) bond motifs is 1. The summed E-state index contributed by atoms with van der Waals surface area (Å²) in [4.78, 5) is 44.6. The Bertz CT molecular complexity index is 1420. The molecule has 1 aliphatic heterocycles. The highest BCUT2D eigenvalue weighted by atomic mass is 35.5. The summed E-state index contributed by atoms with van der Waals surface area (Å²) in [6.45, 7) is 1.84. The summed E-state index contributed by atoms with van der Waals surface area (Å²) < 4.78 is 18.6. The fourth-order valence-corrected chi connectivity index (χ4v) is 7.11. The van der Waals surface area contributed by atoms with Crippen LogP contribution in [0.4, 0.5) is 0 Å². The second-order valence-corrected chi connectivity index (χ2v) is 11.5. The fraction of sp³-hybridized carbons (Fsp3) is 0.500. The van der Waals surface area contributed by atoms with Gasteiger partial charge in [0, 0.05) is 36.0 Å². The van der Waals surface area contributed by atoms with E-state index in [9.17, 15) is 14.4 Å². The van der Waals surface area contributed by atoms with Crippen molar-refractivity contribution in [3.63, 3.8) is 0 Å². The molecule has 1 saturated heterocycles. The summed E-state index contributed by atoms with van der Waals surface area (Å²) in [6, 6.07) is 4.96. The third-order valence-electron chi connectivity index (χ3n) is 7.96. The molecule has 5 rings (SSSR count).